The summed E-state index contributed by atoms with van der Waals surface area (Å²) < 4.78 is 2.46. The summed E-state index contributed by atoms with van der Waals surface area (Å²) in [6.07, 6.45) is 0. The summed E-state index contributed by atoms with van der Waals surface area (Å²) in [4.78, 5) is 3.80. The molecule has 9 rings (SSSR count). The standard InChI is InChI=1S/C42H30N2Si/c1-5-15-30(16-6-1)44-39-28-27-36-35-23-13-14-24-38(35)43-42(36)41(39)37-26-25-34(29-40(37)44)45(31-17-7-2-8-18-31,32-19-9-3-10-20-32)33-21-11-4-12-22-33/h1-29,43H. The minimum absolute atomic E-state index is 1.16. The molecule has 0 saturated carbocycles. The normalized spacial score (nSPS) is 12.0. The van der Waals surface area contributed by atoms with Crippen molar-refractivity contribution >= 4 is 72.4 Å². The zero-order chi connectivity index (χ0) is 29.8. The molecule has 2 nitrogen and oxygen atoms in total. The number of aromatic nitrogens is 2. The number of aromatic amines is 1. The molecule has 0 aliphatic rings. The van der Waals surface area contributed by atoms with Crippen LogP contribution in [0.5, 0.6) is 0 Å². The first-order chi connectivity index (χ1) is 22.3. The minimum atomic E-state index is -2.69. The molecule has 0 amide bonds. The van der Waals surface area contributed by atoms with Crippen LogP contribution >= 0.6 is 0 Å². The van der Waals surface area contributed by atoms with Crippen molar-refractivity contribution in [3.8, 4) is 5.69 Å². The average molecular weight is 591 g/mol. The Labute approximate surface area is 262 Å². The number of H-pyrrole nitrogens is 1. The van der Waals surface area contributed by atoms with Gasteiger partial charge in [0.15, 0.2) is 8.07 Å². The SMILES string of the molecule is c1ccc(-n2c3cc([Si](c4ccccc4)(c4ccccc4)c4ccccc4)ccc3c3c4[nH]c5ccccc5c4ccc32)cc1. The largest absolute Gasteiger partial charge is 0.354 e. The van der Waals surface area contributed by atoms with Gasteiger partial charge in [-0.25, -0.2) is 0 Å². The maximum absolute atomic E-state index is 3.80. The zero-order valence-electron chi connectivity index (χ0n) is 24.7. The van der Waals surface area contributed by atoms with Crippen molar-refractivity contribution in [2.45, 2.75) is 0 Å². The fourth-order valence-electron chi connectivity index (χ4n) is 7.58. The van der Waals surface area contributed by atoms with Gasteiger partial charge in [0.2, 0.25) is 0 Å². The Morgan fingerprint density at radius 2 is 0.933 bits per heavy atom. The highest BCUT2D eigenvalue weighted by Crippen LogP contribution is 2.38. The summed E-state index contributed by atoms with van der Waals surface area (Å²) >= 11 is 0. The van der Waals surface area contributed by atoms with Crippen molar-refractivity contribution in [2.24, 2.45) is 0 Å². The van der Waals surface area contributed by atoms with Crippen LogP contribution in [0.4, 0.5) is 0 Å². The molecular formula is C42H30N2Si. The number of rotatable bonds is 5. The quantitative estimate of drug-likeness (QED) is 0.156. The van der Waals surface area contributed by atoms with Gasteiger partial charge in [-0.15, -0.1) is 0 Å². The van der Waals surface area contributed by atoms with Crippen LogP contribution < -0.4 is 20.7 Å². The second-order valence-corrected chi connectivity index (χ2v) is 15.6. The summed E-state index contributed by atoms with van der Waals surface area (Å²) in [5.74, 6) is 0. The van der Waals surface area contributed by atoms with Crippen LogP contribution in [0.25, 0.3) is 49.3 Å². The van der Waals surface area contributed by atoms with Gasteiger partial charge in [0.05, 0.1) is 16.6 Å². The molecule has 1 N–H and O–H groups in total. The highest BCUT2D eigenvalue weighted by Gasteiger charge is 2.41. The van der Waals surface area contributed by atoms with Gasteiger partial charge in [0.1, 0.15) is 0 Å². The Morgan fingerprint density at radius 3 is 1.56 bits per heavy atom. The third kappa shape index (κ3) is 3.81. The van der Waals surface area contributed by atoms with E-state index in [2.05, 4.69) is 185 Å². The maximum Gasteiger partial charge on any atom is 0.179 e. The average Bonchev–Trinajstić information content (AvgIpc) is 3.66. The van der Waals surface area contributed by atoms with E-state index in [9.17, 15) is 0 Å². The lowest BCUT2D eigenvalue weighted by atomic mass is 10.1. The van der Waals surface area contributed by atoms with E-state index in [1.54, 1.807) is 0 Å². The lowest BCUT2D eigenvalue weighted by molar-refractivity contribution is 1.18. The Kier molecular flexibility index (Phi) is 5.87. The fraction of sp³-hybridized carbons (Fsp3) is 0. The summed E-state index contributed by atoms with van der Waals surface area (Å²) in [7, 11) is -2.69. The molecule has 0 fully saturated rings. The molecule has 0 radical (unpaired) electrons. The number of nitrogens with one attached hydrogen (secondary N) is 1. The molecule has 0 atom stereocenters. The topological polar surface area (TPSA) is 20.7 Å². The van der Waals surface area contributed by atoms with Crippen molar-refractivity contribution in [3.63, 3.8) is 0 Å². The van der Waals surface area contributed by atoms with Crippen molar-refractivity contribution in [3.05, 3.63) is 176 Å². The van der Waals surface area contributed by atoms with Gasteiger partial charge in [0, 0.05) is 32.7 Å². The lowest BCUT2D eigenvalue weighted by Gasteiger charge is -2.34. The highest BCUT2D eigenvalue weighted by atomic mass is 28.3. The Morgan fingerprint density at radius 1 is 0.400 bits per heavy atom. The maximum atomic E-state index is 3.80. The van der Waals surface area contributed by atoms with Crippen LogP contribution in [-0.4, -0.2) is 17.6 Å². The Balaban J connectivity index is 1.45. The van der Waals surface area contributed by atoms with Gasteiger partial charge in [-0.1, -0.05) is 146 Å². The summed E-state index contributed by atoms with van der Waals surface area (Å²) in [5, 5.41) is 10.5. The summed E-state index contributed by atoms with van der Waals surface area (Å²) in [6, 6.07) is 64.8. The lowest BCUT2D eigenvalue weighted by Crippen LogP contribution is -2.74. The monoisotopic (exact) mass is 590 g/mol. The molecule has 0 spiro atoms. The highest BCUT2D eigenvalue weighted by molar-refractivity contribution is 7.20. The van der Waals surface area contributed by atoms with Crippen molar-refractivity contribution in [1.82, 2.24) is 9.55 Å². The molecule has 45 heavy (non-hydrogen) atoms. The smallest absolute Gasteiger partial charge is 0.179 e. The predicted octanol–water partition coefficient (Wildman–Crippen LogP) is 7.80. The summed E-state index contributed by atoms with van der Waals surface area (Å²) in [5.41, 5.74) is 5.95. The van der Waals surface area contributed by atoms with E-state index in [4.69, 9.17) is 0 Å². The van der Waals surface area contributed by atoms with Crippen molar-refractivity contribution in [2.75, 3.05) is 0 Å². The number of fused-ring (bicyclic) bond motifs is 7. The molecule has 3 heteroatoms. The van der Waals surface area contributed by atoms with E-state index >= 15 is 0 Å². The van der Waals surface area contributed by atoms with Gasteiger partial charge in [-0.05, 0) is 51.1 Å². The van der Waals surface area contributed by atoms with Crippen molar-refractivity contribution in [1.29, 1.82) is 0 Å². The second-order valence-electron chi connectivity index (χ2n) is 11.8. The first-order valence-corrected chi connectivity index (χ1v) is 17.5. The third-order valence-electron chi connectivity index (χ3n) is 9.48. The molecule has 0 aliphatic heterocycles. The van der Waals surface area contributed by atoms with E-state index in [0.717, 1.165) is 5.69 Å². The van der Waals surface area contributed by atoms with E-state index < -0.39 is 8.07 Å². The number of hydrogen-bond acceptors (Lipinski definition) is 0. The predicted molar refractivity (Wildman–Crippen MR) is 194 cm³/mol. The molecule has 0 saturated heterocycles. The fourth-order valence-corrected chi connectivity index (χ4v) is 12.3. The van der Waals surface area contributed by atoms with E-state index in [1.807, 2.05) is 0 Å². The van der Waals surface area contributed by atoms with Crippen LogP contribution in [0.1, 0.15) is 0 Å². The van der Waals surface area contributed by atoms with Gasteiger partial charge in [-0.3, -0.25) is 0 Å². The Bertz CT molecular complexity index is 2360. The minimum Gasteiger partial charge on any atom is -0.354 e. The van der Waals surface area contributed by atoms with Crippen LogP contribution in [-0.2, 0) is 0 Å². The van der Waals surface area contributed by atoms with Crippen LogP contribution in [0.3, 0.4) is 0 Å². The van der Waals surface area contributed by atoms with Crippen LogP contribution in [0, 0.1) is 0 Å². The Hall–Kier alpha value is -5.64. The van der Waals surface area contributed by atoms with Gasteiger partial charge in [-0.2, -0.15) is 0 Å². The van der Waals surface area contributed by atoms with E-state index in [-0.39, 0.29) is 0 Å². The van der Waals surface area contributed by atoms with Gasteiger partial charge >= 0.3 is 0 Å². The molecule has 7 aromatic carbocycles. The zero-order valence-corrected chi connectivity index (χ0v) is 25.7. The summed E-state index contributed by atoms with van der Waals surface area (Å²) in [6.45, 7) is 0. The van der Waals surface area contributed by atoms with Gasteiger partial charge < -0.3 is 9.55 Å². The molecule has 212 valence electrons. The van der Waals surface area contributed by atoms with E-state index in [1.165, 1.54) is 64.4 Å². The molecule has 9 aromatic rings. The second kappa shape index (κ2) is 10.2. The van der Waals surface area contributed by atoms with E-state index in [0.29, 0.717) is 0 Å². The third-order valence-corrected chi connectivity index (χ3v) is 14.3. The van der Waals surface area contributed by atoms with Gasteiger partial charge in [0.25, 0.3) is 0 Å². The number of para-hydroxylation sites is 2. The first kappa shape index (κ1) is 25.8. The van der Waals surface area contributed by atoms with Crippen molar-refractivity contribution < 1.29 is 0 Å². The molecule has 0 unspecified atom stereocenters. The molecule has 0 bridgehead atoms. The van der Waals surface area contributed by atoms with Crippen LogP contribution in [0.15, 0.2) is 176 Å². The molecule has 2 heterocycles. The van der Waals surface area contributed by atoms with Crippen LogP contribution in [0.2, 0.25) is 0 Å². The molecular weight excluding hydrogens is 561 g/mol. The molecule has 2 aromatic heterocycles. The first-order valence-electron chi connectivity index (χ1n) is 15.5. The number of hydrogen-bond donors (Lipinski definition) is 1. The number of nitrogens with zero attached hydrogens (tertiary/aromatic N) is 1. The molecule has 0 aliphatic carbocycles. The number of benzene rings is 7.